The third kappa shape index (κ3) is 14.9. The Hall–Kier alpha value is -6.39. The van der Waals surface area contributed by atoms with E-state index >= 15 is 0 Å². The quantitative estimate of drug-likeness (QED) is 0.0579. The number of carbonyl (C=O) groups excluding carboxylic acids is 1. The van der Waals surface area contributed by atoms with E-state index < -0.39 is 67.4 Å². The third-order valence-corrected chi connectivity index (χ3v) is 12.7. The Balaban J connectivity index is 1.09. The minimum absolute atomic E-state index is 0.0278. The van der Waals surface area contributed by atoms with Gasteiger partial charge in [0.05, 0.1) is 58.4 Å². The van der Waals surface area contributed by atoms with Gasteiger partial charge >= 0.3 is 5.97 Å². The number of carbonyl (C=O) groups is 1. The Kier molecular flexibility index (Phi) is 19.1. The molecule has 0 amide bonds. The van der Waals surface area contributed by atoms with E-state index in [0.717, 1.165) is 33.4 Å². The molecule has 378 valence electrons. The molecule has 0 spiro atoms. The molecule has 7 aromatic carbocycles. The number of rotatable bonds is 24. The summed E-state index contributed by atoms with van der Waals surface area (Å²) in [5.41, 5.74) is 5.82. The Morgan fingerprint density at radius 3 is 1.07 bits per heavy atom. The van der Waals surface area contributed by atoms with Crippen molar-refractivity contribution in [3.8, 4) is 0 Å². The third-order valence-electron chi connectivity index (χ3n) is 12.7. The molecule has 1 N–H and O–H groups in total. The van der Waals surface area contributed by atoms with E-state index in [0.29, 0.717) is 12.2 Å². The summed E-state index contributed by atoms with van der Waals surface area (Å²) in [5, 5.41) is 12.3. The first-order valence-electron chi connectivity index (χ1n) is 24.8. The highest BCUT2D eigenvalue weighted by atomic mass is 16.8. The molecule has 0 aromatic heterocycles. The van der Waals surface area contributed by atoms with Crippen LogP contribution in [0.3, 0.4) is 0 Å². The van der Waals surface area contributed by atoms with Crippen LogP contribution in [0.1, 0.15) is 43.7 Å². The van der Waals surface area contributed by atoms with E-state index in [1.807, 2.05) is 188 Å². The molecule has 0 aliphatic carbocycles. The zero-order valence-corrected chi connectivity index (χ0v) is 40.6. The molecule has 0 saturated carbocycles. The van der Waals surface area contributed by atoms with Gasteiger partial charge in [-0.15, -0.1) is 0 Å². The van der Waals surface area contributed by atoms with Crippen LogP contribution in [0, 0.1) is 0 Å². The van der Waals surface area contributed by atoms with Gasteiger partial charge in [0.15, 0.2) is 18.7 Å². The maximum atomic E-state index is 14.4. The van der Waals surface area contributed by atoms with Gasteiger partial charge in [0.2, 0.25) is 0 Å². The summed E-state index contributed by atoms with van der Waals surface area (Å²) >= 11 is 0. The largest absolute Gasteiger partial charge is 0.450 e. The second-order valence-corrected chi connectivity index (χ2v) is 18.0. The van der Waals surface area contributed by atoms with Crippen LogP contribution in [0.5, 0.6) is 0 Å². The van der Waals surface area contributed by atoms with Crippen molar-refractivity contribution in [2.24, 2.45) is 0 Å². The van der Waals surface area contributed by atoms with Crippen LogP contribution in [-0.2, 0) is 87.0 Å². The van der Waals surface area contributed by atoms with Crippen molar-refractivity contribution in [3.63, 3.8) is 0 Å². The molecule has 0 unspecified atom stereocenters. The van der Waals surface area contributed by atoms with E-state index in [2.05, 4.69) is 0 Å². The second-order valence-electron chi connectivity index (χ2n) is 18.0. The fraction of sp³-hybridized carbons (Fsp3) is 0.295. The molecule has 10 atom stereocenters. The van der Waals surface area contributed by atoms with Gasteiger partial charge in [-0.1, -0.05) is 200 Å². The van der Waals surface area contributed by atoms with Crippen molar-refractivity contribution in [2.45, 2.75) is 101 Å². The first kappa shape index (κ1) is 51.5. The highest BCUT2D eigenvalue weighted by molar-refractivity contribution is 5.89. The highest BCUT2D eigenvalue weighted by Gasteiger charge is 2.55. The summed E-state index contributed by atoms with van der Waals surface area (Å²) in [6.45, 7) is 1.28. The lowest BCUT2D eigenvalue weighted by atomic mass is 9.96. The summed E-state index contributed by atoms with van der Waals surface area (Å²) in [6, 6.07) is 67.3. The van der Waals surface area contributed by atoms with Crippen LogP contribution >= 0.6 is 0 Å². The summed E-state index contributed by atoms with van der Waals surface area (Å²) in [5.74, 6) is -0.645. The lowest BCUT2D eigenvalue weighted by Crippen LogP contribution is -2.66. The highest BCUT2D eigenvalue weighted by Crippen LogP contribution is 2.36. The van der Waals surface area contributed by atoms with Crippen LogP contribution in [0.15, 0.2) is 212 Å². The van der Waals surface area contributed by atoms with Crippen LogP contribution in [-0.4, -0.2) is 85.7 Å². The molecule has 0 bridgehead atoms. The van der Waals surface area contributed by atoms with E-state index in [1.165, 1.54) is 0 Å². The molecule has 2 saturated heterocycles. The molecule has 73 heavy (non-hydrogen) atoms. The zero-order chi connectivity index (χ0) is 49.9. The maximum absolute atomic E-state index is 14.4. The van der Waals surface area contributed by atoms with Crippen molar-refractivity contribution >= 4 is 5.97 Å². The Morgan fingerprint density at radius 2 is 0.685 bits per heavy atom. The molecule has 0 radical (unpaired) electrons. The number of aliphatic hydroxyl groups is 1. The molecule has 2 fully saturated rings. The van der Waals surface area contributed by atoms with Gasteiger partial charge in [0.25, 0.3) is 0 Å². The Labute approximate surface area is 427 Å². The summed E-state index contributed by atoms with van der Waals surface area (Å²) < 4.78 is 67.2. The van der Waals surface area contributed by atoms with Gasteiger partial charge in [0.1, 0.15) is 42.7 Å². The normalized spacial score (nSPS) is 23.9. The summed E-state index contributed by atoms with van der Waals surface area (Å²) in [6.07, 6.45) is -11.1. The predicted octanol–water partition coefficient (Wildman–Crippen LogP) is 9.81. The Morgan fingerprint density at radius 1 is 0.370 bits per heavy atom. The molecule has 7 aromatic rings. The first-order valence-corrected chi connectivity index (χ1v) is 24.8. The first-order chi connectivity index (χ1) is 36.0. The van der Waals surface area contributed by atoms with Crippen molar-refractivity contribution in [1.82, 2.24) is 0 Å². The fourth-order valence-corrected chi connectivity index (χ4v) is 8.93. The Bertz CT molecular complexity index is 2630. The molecule has 9 rings (SSSR count). The SMILES string of the molecule is O=C(O[C@H]1[C@H](O[C@H]2[C@@H](OCc3ccccc3)[C@H](OCc3ccccc3)[C@@H](COCc3ccccc3)O[C@@H]2O)O[C@H](COCc2ccccc2)[C@@H](OCc2ccccc2)[C@@H]1OCc1ccccc1)c1ccccc1. The average molecular weight is 987 g/mol. The predicted molar refractivity (Wildman–Crippen MR) is 272 cm³/mol. The number of ether oxygens (including phenoxy) is 10. The van der Waals surface area contributed by atoms with E-state index in [4.69, 9.17) is 47.4 Å². The molecular weight excluding hydrogens is 925 g/mol. The molecule has 12 heteroatoms. The lowest BCUT2D eigenvalue weighted by Gasteiger charge is -2.49. The van der Waals surface area contributed by atoms with E-state index in [-0.39, 0.29) is 46.2 Å². The van der Waals surface area contributed by atoms with Crippen molar-refractivity contribution in [1.29, 1.82) is 0 Å². The van der Waals surface area contributed by atoms with Gasteiger partial charge in [0, 0.05) is 0 Å². The molecule has 12 nitrogen and oxygen atoms in total. The van der Waals surface area contributed by atoms with Gasteiger partial charge < -0.3 is 52.5 Å². The average Bonchev–Trinajstić information content (AvgIpc) is 3.44. The number of hydrogen-bond acceptors (Lipinski definition) is 12. The van der Waals surface area contributed by atoms with E-state index in [1.54, 1.807) is 24.3 Å². The van der Waals surface area contributed by atoms with Gasteiger partial charge in [-0.25, -0.2) is 4.79 Å². The van der Waals surface area contributed by atoms with Crippen molar-refractivity contribution in [3.05, 3.63) is 251 Å². The second kappa shape index (κ2) is 27.1. The fourth-order valence-electron chi connectivity index (χ4n) is 8.93. The number of benzene rings is 7. The zero-order valence-electron chi connectivity index (χ0n) is 40.6. The van der Waals surface area contributed by atoms with Crippen LogP contribution < -0.4 is 0 Å². The van der Waals surface area contributed by atoms with Gasteiger partial charge in [-0.2, -0.15) is 0 Å². The number of aliphatic hydroxyl groups excluding tert-OH is 1. The molecular formula is C61H62O12. The topological polar surface area (TPSA) is 130 Å². The molecule has 2 aliphatic heterocycles. The van der Waals surface area contributed by atoms with E-state index in [9.17, 15) is 9.90 Å². The van der Waals surface area contributed by atoms with Gasteiger partial charge in [-0.05, 0) is 45.5 Å². The monoisotopic (exact) mass is 986 g/mol. The molecule has 2 heterocycles. The van der Waals surface area contributed by atoms with Gasteiger partial charge in [-0.3, -0.25) is 0 Å². The standard InChI is InChI=1S/C61H62O12/c62-59(50-34-20-7-21-35-50)72-58-56(69-41-49-32-18-6-19-33-49)54(67-39-47-28-14-4-15-29-47)52(43-65-37-45-24-10-2-11-25-45)71-61(58)73-57-55(68-40-48-30-16-5-17-31-48)53(66-38-46-26-12-3-13-27-46)51(70-60(57)63)42-64-36-44-22-8-1-9-23-44/h1-35,51-58,60-61,63H,36-43H2/t51-,52-,53-,54-,55+,56+,57+,58-,60+,61+/m1/s1. The molecule has 2 aliphatic rings. The maximum Gasteiger partial charge on any atom is 0.338 e. The summed E-state index contributed by atoms with van der Waals surface area (Å²) in [7, 11) is 0. The van der Waals surface area contributed by atoms with Crippen LogP contribution in [0.2, 0.25) is 0 Å². The number of esters is 1. The van der Waals surface area contributed by atoms with Crippen molar-refractivity contribution in [2.75, 3.05) is 13.2 Å². The summed E-state index contributed by atoms with van der Waals surface area (Å²) in [4.78, 5) is 14.4. The smallest absolute Gasteiger partial charge is 0.338 e. The van der Waals surface area contributed by atoms with Crippen LogP contribution in [0.25, 0.3) is 0 Å². The number of hydrogen-bond donors (Lipinski definition) is 1. The lowest BCUT2D eigenvalue weighted by molar-refractivity contribution is -0.374. The minimum Gasteiger partial charge on any atom is -0.450 e. The van der Waals surface area contributed by atoms with Crippen molar-refractivity contribution < 1.29 is 57.3 Å². The minimum atomic E-state index is -1.61. The van der Waals surface area contributed by atoms with Crippen LogP contribution in [0.4, 0.5) is 0 Å².